The third kappa shape index (κ3) is 8.46. The Balaban J connectivity index is 3.21. The number of methoxy groups -OCH3 is 1. The number of benzene rings is 1. The van der Waals surface area contributed by atoms with Gasteiger partial charge in [-0.3, -0.25) is 0 Å². The summed E-state index contributed by atoms with van der Waals surface area (Å²) in [5.41, 5.74) is -3.70. The van der Waals surface area contributed by atoms with Crippen molar-refractivity contribution in [3.05, 3.63) is 23.3 Å². The Morgan fingerprint density at radius 2 is 1.67 bits per heavy atom. The Labute approximate surface area is 195 Å². The van der Waals surface area contributed by atoms with Crippen molar-refractivity contribution in [1.82, 2.24) is 4.90 Å². The SMILES string of the molecule is CCN(C)/C=N/c1cc(OC)c(C(O)(COCC(C)(C)COC(C)(C)C)C(F)(F)F)cc1C. The summed E-state index contributed by atoms with van der Waals surface area (Å²) in [6.45, 7) is 12.9. The summed E-state index contributed by atoms with van der Waals surface area (Å²) >= 11 is 0. The first-order valence-electron chi connectivity index (χ1n) is 10.9. The zero-order valence-corrected chi connectivity index (χ0v) is 21.3. The van der Waals surface area contributed by atoms with E-state index < -0.39 is 29.4 Å². The Bertz CT molecular complexity index is 804. The predicted octanol–water partition coefficient (Wildman–Crippen LogP) is 5.22. The van der Waals surface area contributed by atoms with Crippen LogP contribution < -0.4 is 4.74 Å². The molecule has 0 aromatic heterocycles. The molecule has 1 unspecified atom stereocenters. The lowest BCUT2D eigenvalue weighted by Crippen LogP contribution is -2.47. The van der Waals surface area contributed by atoms with Gasteiger partial charge in [0.15, 0.2) is 0 Å². The van der Waals surface area contributed by atoms with Crippen LogP contribution in [0.4, 0.5) is 18.9 Å². The minimum absolute atomic E-state index is 0.0332. The van der Waals surface area contributed by atoms with E-state index in [0.29, 0.717) is 17.9 Å². The van der Waals surface area contributed by atoms with Crippen LogP contribution in [-0.2, 0) is 15.1 Å². The lowest BCUT2D eigenvalue weighted by atomic mass is 9.90. The molecule has 0 aliphatic carbocycles. The molecule has 1 atom stereocenters. The zero-order chi connectivity index (χ0) is 25.7. The highest BCUT2D eigenvalue weighted by molar-refractivity contribution is 5.65. The molecule has 0 saturated carbocycles. The molecule has 33 heavy (non-hydrogen) atoms. The van der Waals surface area contributed by atoms with Crippen LogP contribution in [0.25, 0.3) is 0 Å². The molecule has 9 heteroatoms. The van der Waals surface area contributed by atoms with E-state index in [1.54, 1.807) is 13.3 Å². The number of nitrogens with zero attached hydrogens (tertiary/aromatic N) is 2. The van der Waals surface area contributed by atoms with Gasteiger partial charge >= 0.3 is 6.18 Å². The predicted molar refractivity (Wildman–Crippen MR) is 124 cm³/mol. The number of alkyl halides is 3. The van der Waals surface area contributed by atoms with E-state index in [0.717, 1.165) is 6.54 Å². The van der Waals surface area contributed by atoms with Crippen LogP contribution in [0.5, 0.6) is 5.75 Å². The lowest BCUT2D eigenvalue weighted by Gasteiger charge is -2.34. The van der Waals surface area contributed by atoms with Crippen LogP contribution in [0.15, 0.2) is 17.1 Å². The lowest BCUT2D eigenvalue weighted by molar-refractivity contribution is -0.284. The highest BCUT2D eigenvalue weighted by atomic mass is 19.4. The average molecular weight is 477 g/mol. The number of rotatable bonds is 11. The van der Waals surface area contributed by atoms with Crippen molar-refractivity contribution in [3.8, 4) is 5.75 Å². The largest absolute Gasteiger partial charge is 0.496 e. The quantitative estimate of drug-likeness (QED) is 0.350. The fourth-order valence-electron chi connectivity index (χ4n) is 2.79. The molecule has 0 aliphatic heterocycles. The van der Waals surface area contributed by atoms with Gasteiger partial charge in [0.1, 0.15) is 5.75 Å². The van der Waals surface area contributed by atoms with Gasteiger partial charge in [-0.15, -0.1) is 0 Å². The van der Waals surface area contributed by atoms with E-state index in [-0.39, 0.29) is 18.0 Å². The summed E-state index contributed by atoms with van der Waals surface area (Å²) in [5.74, 6) is -0.120. The van der Waals surface area contributed by atoms with Gasteiger partial charge in [0.05, 0.1) is 44.6 Å². The van der Waals surface area contributed by atoms with Crippen molar-refractivity contribution in [2.45, 2.75) is 65.8 Å². The fraction of sp³-hybridized carbons (Fsp3) is 0.708. The molecular formula is C24H39F3N2O4. The summed E-state index contributed by atoms with van der Waals surface area (Å²) < 4.78 is 58.7. The Morgan fingerprint density at radius 3 is 2.15 bits per heavy atom. The summed E-state index contributed by atoms with van der Waals surface area (Å²) in [6, 6.07) is 2.64. The molecule has 0 radical (unpaired) electrons. The second-order valence-corrected chi connectivity index (χ2v) is 10.1. The maximum Gasteiger partial charge on any atom is 0.423 e. The highest BCUT2D eigenvalue weighted by Gasteiger charge is 2.57. The van der Waals surface area contributed by atoms with Gasteiger partial charge < -0.3 is 24.2 Å². The Hall–Kier alpha value is -1.84. The first-order chi connectivity index (χ1) is 15.0. The molecule has 1 aromatic rings. The fourth-order valence-corrected chi connectivity index (χ4v) is 2.79. The van der Waals surface area contributed by atoms with E-state index in [9.17, 15) is 18.3 Å². The van der Waals surface area contributed by atoms with Crippen molar-refractivity contribution in [1.29, 1.82) is 0 Å². The summed E-state index contributed by atoms with van der Waals surface area (Å²) in [4.78, 5) is 6.14. The number of halogens is 3. The van der Waals surface area contributed by atoms with Gasteiger partial charge in [-0.25, -0.2) is 4.99 Å². The van der Waals surface area contributed by atoms with Gasteiger partial charge in [0.25, 0.3) is 0 Å². The van der Waals surface area contributed by atoms with Crippen LogP contribution in [0.1, 0.15) is 52.7 Å². The van der Waals surface area contributed by atoms with E-state index in [1.807, 2.05) is 53.5 Å². The normalized spacial score (nSPS) is 15.1. The summed E-state index contributed by atoms with van der Waals surface area (Å²) in [5, 5.41) is 10.9. The first kappa shape index (κ1) is 29.2. The van der Waals surface area contributed by atoms with Crippen molar-refractivity contribution in [3.63, 3.8) is 0 Å². The van der Waals surface area contributed by atoms with E-state index in [1.165, 1.54) is 19.2 Å². The second kappa shape index (κ2) is 11.1. The molecule has 0 spiro atoms. The number of aryl methyl sites for hydroxylation is 1. The van der Waals surface area contributed by atoms with Gasteiger partial charge in [0, 0.05) is 30.6 Å². The molecule has 0 bridgehead atoms. The van der Waals surface area contributed by atoms with E-state index >= 15 is 0 Å². The standard InChI is InChI=1S/C24H39F3N2O4/c1-10-29(8)16-28-19-12-20(31-9)18(11-17(19)2)23(30,24(25,26)27)15-32-13-22(6,7)14-33-21(3,4)5/h11-12,16,30H,10,13-15H2,1-9H3/b28-16+. The van der Waals surface area contributed by atoms with Crippen LogP contribution in [-0.4, -0.2) is 68.6 Å². The minimum Gasteiger partial charge on any atom is -0.496 e. The molecule has 1 rings (SSSR count). The Morgan fingerprint density at radius 1 is 1.06 bits per heavy atom. The summed E-state index contributed by atoms with van der Waals surface area (Å²) in [6.07, 6.45) is -3.41. The third-order valence-electron chi connectivity index (χ3n) is 5.02. The van der Waals surface area contributed by atoms with Crippen LogP contribution >= 0.6 is 0 Å². The van der Waals surface area contributed by atoms with E-state index in [2.05, 4.69) is 4.99 Å². The van der Waals surface area contributed by atoms with Gasteiger partial charge in [-0.1, -0.05) is 13.8 Å². The maximum absolute atomic E-state index is 14.1. The van der Waals surface area contributed by atoms with E-state index in [4.69, 9.17) is 14.2 Å². The van der Waals surface area contributed by atoms with Crippen LogP contribution in [0.2, 0.25) is 0 Å². The van der Waals surface area contributed by atoms with Gasteiger partial charge in [-0.05, 0) is 46.2 Å². The first-order valence-corrected chi connectivity index (χ1v) is 10.9. The minimum atomic E-state index is -4.99. The number of hydrogen-bond acceptors (Lipinski definition) is 5. The smallest absolute Gasteiger partial charge is 0.423 e. The van der Waals surface area contributed by atoms with Crippen LogP contribution in [0.3, 0.4) is 0 Å². The molecule has 1 N–H and O–H groups in total. The second-order valence-electron chi connectivity index (χ2n) is 10.1. The molecule has 190 valence electrons. The highest BCUT2D eigenvalue weighted by Crippen LogP contribution is 2.45. The number of aliphatic hydroxyl groups is 1. The Kier molecular flexibility index (Phi) is 9.78. The topological polar surface area (TPSA) is 63.5 Å². The number of ether oxygens (including phenoxy) is 3. The van der Waals surface area contributed by atoms with Crippen LogP contribution in [0, 0.1) is 12.3 Å². The van der Waals surface area contributed by atoms with Crippen molar-refractivity contribution < 1.29 is 32.5 Å². The molecule has 6 nitrogen and oxygen atoms in total. The zero-order valence-electron chi connectivity index (χ0n) is 21.3. The van der Waals surface area contributed by atoms with Crippen molar-refractivity contribution in [2.24, 2.45) is 10.4 Å². The number of aliphatic imine (C=N–C) groups is 1. The molecule has 0 heterocycles. The molecule has 0 fully saturated rings. The molecular weight excluding hydrogens is 437 g/mol. The molecule has 0 amide bonds. The molecule has 0 aliphatic rings. The summed E-state index contributed by atoms with van der Waals surface area (Å²) in [7, 11) is 3.09. The van der Waals surface area contributed by atoms with Gasteiger partial charge in [0.2, 0.25) is 5.60 Å². The van der Waals surface area contributed by atoms with Crippen molar-refractivity contribution >= 4 is 12.0 Å². The number of hydrogen-bond donors (Lipinski definition) is 1. The van der Waals surface area contributed by atoms with Gasteiger partial charge in [-0.2, -0.15) is 13.2 Å². The monoisotopic (exact) mass is 476 g/mol. The average Bonchev–Trinajstić information content (AvgIpc) is 2.69. The third-order valence-corrected chi connectivity index (χ3v) is 5.02. The molecule has 0 saturated heterocycles. The maximum atomic E-state index is 14.1. The van der Waals surface area contributed by atoms with Crippen molar-refractivity contribution in [2.75, 3.05) is 40.5 Å². The molecule has 1 aromatic carbocycles.